The standard InChI is InChI=1S/C21H18N4O5/c1-2-21(16-9-4-3-5-10-16)19(28)25(20(29)23-21)24-17(26)13-30-18(27)15-8-6-7-14(11-15)12-22/h3-11H,2,13H2,1H3,(H,23,29)(H,24,26)/t21-/m1/s1. The molecule has 2 aromatic rings. The topological polar surface area (TPSA) is 129 Å². The highest BCUT2D eigenvalue weighted by Crippen LogP contribution is 2.31. The summed E-state index contributed by atoms with van der Waals surface area (Å²) >= 11 is 0. The maximum atomic E-state index is 12.9. The number of hydrogen-bond acceptors (Lipinski definition) is 6. The maximum absolute atomic E-state index is 12.9. The normalized spacial score (nSPS) is 17.8. The summed E-state index contributed by atoms with van der Waals surface area (Å²) in [7, 11) is 0. The lowest BCUT2D eigenvalue weighted by atomic mass is 9.87. The molecule has 1 fully saturated rings. The van der Waals surface area contributed by atoms with Crippen LogP contribution in [0.2, 0.25) is 0 Å². The second kappa shape index (κ2) is 8.45. The third-order valence-corrected chi connectivity index (χ3v) is 4.69. The average molecular weight is 406 g/mol. The van der Waals surface area contributed by atoms with Crippen molar-refractivity contribution in [1.82, 2.24) is 15.8 Å². The molecule has 1 heterocycles. The molecule has 0 unspecified atom stereocenters. The van der Waals surface area contributed by atoms with E-state index in [0.717, 1.165) is 0 Å². The molecule has 0 radical (unpaired) electrons. The molecule has 0 spiro atoms. The van der Waals surface area contributed by atoms with Crippen molar-refractivity contribution in [1.29, 1.82) is 5.26 Å². The molecule has 1 aliphatic rings. The molecule has 0 aliphatic carbocycles. The van der Waals surface area contributed by atoms with E-state index < -0.39 is 36.0 Å². The highest BCUT2D eigenvalue weighted by Gasteiger charge is 2.52. The number of carbonyl (C=O) groups excluding carboxylic acids is 4. The van der Waals surface area contributed by atoms with Gasteiger partial charge in [0.25, 0.3) is 11.8 Å². The van der Waals surface area contributed by atoms with Crippen molar-refractivity contribution in [3.05, 3.63) is 71.3 Å². The number of hydrazine groups is 1. The van der Waals surface area contributed by atoms with E-state index in [9.17, 15) is 19.2 Å². The summed E-state index contributed by atoms with van der Waals surface area (Å²) in [5.41, 5.74) is 1.84. The minimum Gasteiger partial charge on any atom is -0.452 e. The smallest absolute Gasteiger partial charge is 0.344 e. The van der Waals surface area contributed by atoms with E-state index in [2.05, 4.69) is 10.7 Å². The molecule has 9 nitrogen and oxygen atoms in total. The van der Waals surface area contributed by atoms with Crippen LogP contribution in [0, 0.1) is 11.3 Å². The molecule has 152 valence electrons. The first-order valence-electron chi connectivity index (χ1n) is 9.10. The molecule has 1 aliphatic heterocycles. The van der Waals surface area contributed by atoms with E-state index in [1.165, 1.54) is 24.3 Å². The Hall–Kier alpha value is -4.19. The third-order valence-electron chi connectivity index (χ3n) is 4.69. The summed E-state index contributed by atoms with van der Waals surface area (Å²) in [5, 5.41) is 12.1. The van der Waals surface area contributed by atoms with Gasteiger partial charge in [0.15, 0.2) is 6.61 Å². The molecule has 0 saturated carbocycles. The number of urea groups is 1. The zero-order valence-electron chi connectivity index (χ0n) is 16.0. The molecule has 30 heavy (non-hydrogen) atoms. The van der Waals surface area contributed by atoms with Gasteiger partial charge in [0.05, 0.1) is 17.2 Å². The minimum atomic E-state index is -1.29. The molecule has 0 bridgehead atoms. The van der Waals surface area contributed by atoms with Gasteiger partial charge >= 0.3 is 12.0 Å². The molecular weight excluding hydrogens is 388 g/mol. The van der Waals surface area contributed by atoms with Gasteiger partial charge in [0, 0.05) is 0 Å². The lowest BCUT2D eigenvalue weighted by Gasteiger charge is -2.25. The fraction of sp³-hybridized carbons (Fsp3) is 0.190. The van der Waals surface area contributed by atoms with Crippen LogP contribution in [0.15, 0.2) is 54.6 Å². The summed E-state index contributed by atoms with van der Waals surface area (Å²) in [6, 6.07) is 15.6. The Labute approximate surface area is 172 Å². The number of nitriles is 1. The lowest BCUT2D eigenvalue weighted by molar-refractivity contribution is -0.140. The maximum Gasteiger partial charge on any atom is 0.344 e. The van der Waals surface area contributed by atoms with E-state index >= 15 is 0 Å². The highest BCUT2D eigenvalue weighted by atomic mass is 16.5. The van der Waals surface area contributed by atoms with Crippen LogP contribution in [0.25, 0.3) is 0 Å². The third kappa shape index (κ3) is 3.84. The minimum absolute atomic E-state index is 0.103. The summed E-state index contributed by atoms with van der Waals surface area (Å²) in [6.07, 6.45) is 0.276. The van der Waals surface area contributed by atoms with Gasteiger partial charge in [0.2, 0.25) is 0 Å². The fourth-order valence-corrected chi connectivity index (χ4v) is 3.13. The number of rotatable bonds is 6. The molecule has 0 aromatic heterocycles. The Morgan fingerprint density at radius 1 is 1.17 bits per heavy atom. The van der Waals surface area contributed by atoms with Crippen molar-refractivity contribution < 1.29 is 23.9 Å². The first-order valence-corrected chi connectivity index (χ1v) is 9.10. The second-order valence-electron chi connectivity index (χ2n) is 6.50. The predicted octanol–water partition coefficient (Wildman–Crippen LogP) is 1.60. The van der Waals surface area contributed by atoms with Crippen molar-refractivity contribution in [2.45, 2.75) is 18.9 Å². The molecule has 1 atom stereocenters. The van der Waals surface area contributed by atoms with Crippen LogP contribution in [0.1, 0.15) is 34.8 Å². The van der Waals surface area contributed by atoms with Gasteiger partial charge < -0.3 is 10.1 Å². The first kappa shape index (κ1) is 20.5. The second-order valence-corrected chi connectivity index (χ2v) is 6.50. The average Bonchev–Trinajstić information content (AvgIpc) is 3.03. The van der Waals surface area contributed by atoms with Crippen LogP contribution >= 0.6 is 0 Å². The number of nitrogens with zero attached hydrogens (tertiary/aromatic N) is 2. The first-order chi connectivity index (χ1) is 14.4. The Bertz CT molecular complexity index is 1050. The van der Waals surface area contributed by atoms with Crippen LogP contribution in [0.5, 0.6) is 0 Å². The van der Waals surface area contributed by atoms with Gasteiger partial charge in [0.1, 0.15) is 5.54 Å². The van der Waals surface area contributed by atoms with Crippen LogP contribution in [0.4, 0.5) is 4.79 Å². The number of nitrogens with one attached hydrogen (secondary N) is 2. The molecule has 1 saturated heterocycles. The van der Waals surface area contributed by atoms with E-state index in [4.69, 9.17) is 10.00 Å². The Balaban J connectivity index is 1.65. The Morgan fingerprint density at radius 3 is 2.57 bits per heavy atom. The number of ether oxygens (including phenoxy) is 1. The largest absolute Gasteiger partial charge is 0.452 e. The molecule has 2 N–H and O–H groups in total. The zero-order valence-corrected chi connectivity index (χ0v) is 16.0. The van der Waals surface area contributed by atoms with Gasteiger partial charge in [-0.2, -0.15) is 10.3 Å². The van der Waals surface area contributed by atoms with E-state index in [0.29, 0.717) is 10.6 Å². The SMILES string of the molecule is CC[C@]1(c2ccccc2)NC(=O)N(NC(=O)COC(=O)c2cccc(C#N)c2)C1=O. The summed E-state index contributed by atoms with van der Waals surface area (Å²) in [6.45, 7) is 1.03. The van der Waals surface area contributed by atoms with Crippen molar-refractivity contribution in [3.63, 3.8) is 0 Å². The highest BCUT2D eigenvalue weighted by molar-refractivity contribution is 6.08. The van der Waals surface area contributed by atoms with Crippen LogP contribution in [-0.4, -0.2) is 35.4 Å². The fourth-order valence-electron chi connectivity index (χ4n) is 3.13. The summed E-state index contributed by atoms with van der Waals surface area (Å²) in [5.74, 6) is -2.31. The Morgan fingerprint density at radius 2 is 1.90 bits per heavy atom. The zero-order chi connectivity index (χ0) is 21.7. The van der Waals surface area contributed by atoms with Crippen molar-refractivity contribution >= 4 is 23.8 Å². The predicted molar refractivity (Wildman–Crippen MR) is 103 cm³/mol. The lowest BCUT2D eigenvalue weighted by Crippen LogP contribution is -2.49. The number of imide groups is 1. The van der Waals surface area contributed by atoms with Crippen LogP contribution < -0.4 is 10.7 Å². The van der Waals surface area contributed by atoms with E-state index in [-0.39, 0.29) is 17.5 Å². The van der Waals surface area contributed by atoms with Gasteiger partial charge in [-0.05, 0) is 30.2 Å². The molecular formula is C21H18N4O5. The number of carbonyl (C=O) groups is 4. The quantitative estimate of drug-likeness (QED) is 0.554. The van der Waals surface area contributed by atoms with Crippen LogP contribution in [0.3, 0.4) is 0 Å². The number of esters is 1. The van der Waals surface area contributed by atoms with Crippen LogP contribution in [-0.2, 0) is 19.9 Å². The summed E-state index contributed by atoms with van der Waals surface area (Å²) < 4.78 is 4.90. The number of amides is 4. The molecule has 2 aromatic carbocycles. The van der Waals surface area contributed by atoms with E-state index in [1.807, 2.05) is 6.07 Å². The van der Waals surface area contributed by atoms with E-state index in [1.54, 1.807) is 37.3 Å². The Kier molecular flexibility index (Phi) is 5.78. The van der Waals surface area contributed by atoms with Crippen molar-refractivity contribution in [2.24, 2.45) is 0 Å². The monoisotopic (exact) mass is 406 g/mol. The number of hydrogen-bond donors (Lipinski definition) is 2. The molecule has 3 rings (SSSR count). The number of benzene rings is 2. The van der Waals surface area contributed by atoms with Gasteiger partial charge in [-0.25, -0.2) is 9.59 Å². The van der Waals surface area contributed by atoms with Gasteiger partial charge in [-0.15, -0.1) is 0 Å². The van der Waals surface area contributed by atoms with Crippen molar-refractivity contribution in [2.75, 3.05) is 6.61 Å². The molecule has 9 heteroatoms. The van der Waals surface area contributed by atoms with Gasteiger partial charge in [-0.3, -0.25) is 15.0 Å². The molecule has 4 amide bonds. The summed E-state index contributed by atoms with van der Waals surface area (Å²) in [4.78, 5) is 49.5. The van der Waals surface area contributed by atoms with Crippen molar-refractivity contribution in [3.8, 4) is 6.07 Å². The van der Waals surface area contributed by atoms with Gasteiger partial charge in [-0.1, -0.05) is 43.3 Å².